The van der Waals surface area contributed by atoms with Crippen molar-refractivity contribution in [1.82, 2.24) is 4.72 Å². The minimum atomic E-state index is -3.45. The Morgan fingerprint density at radius 3 is 2.58 bits per heavy atom. The van der Waals surface area contributed by atoms with Crippen LogP contribution in [0.4, 0.5) is 5.69 Å². The lowest BCUT2D eigenvalue weighted by Crippen LogP contribution is -2.39. The van der Waals surface area contributed by atoms with Crippen molar-refractivity contribution in [1.29, 1.82) is 0 Å². The second-order valence-corrected chi connectivity index (χ2v) is 7.37. The van der Waals surface area contributed by atoms with Crippen molar-refractivity contribution in [2.75, 3.05) is 5.73 Å². The van der Waals surface area contributed by atoms with Crippen LogP contribution in [0, 0.1) is 11.8 Å². The maximum absolute atomic E-state index is 12.3. The number of hydrogen-bond acceptors (Lipinski definition) is 3. The SMILES string of the molecule is CC1CCC(NS(=O)(=O)c2cccc(N)c2)CC1C. The van der Waals surface area contributed by atoms with Crippen LogP contribution >= 0.6 is 0 Å². The van der Waals surface area contributed by atoms with E-state index in [-0.39, 0.29) is 10.9 Å². The van der Waals surface area contributed by atoms with Crippen molar-refractivity contribution in [2.24, 2.45) is 11.8 Å². The zero-order chi connectivity index (χ0) is 14.0. The number of nitrogen functional groups attached to an aromatic ring is 1. The molecule has 0 heterocycles. The summed E-state index contributed by atoms with van der Waals surface area (Å²) in [5, 5.41) is 0. The summed E-state index contributed by atoms with van der Waals surface area (Å²) in [6.07, 6.45) is 2.89. The summed E-state index contributed by atoms with van der Waals surface area (Å²) in [4.78, 5) is 0.249. The molecule has 0 spiro atoms. The van der Waals surface area contributed by atoms with Gasteiger partial charge in [0.2, 0.25) is 10.0 Å². The van der Waals surface area contributed by atoms with Gasteiger partial charge >= 0.3 is 0 Å². The lowest BCUT2D eigenvalue weighted by atomic mass is 9.79. The van der Waals surface area contributed by atoms with Crippen molar-refractivity contribution in [3.05, 3.63) is 24.3 Å². The average Bonchev–Trinajstić information content (AvgIpc) is 2.33. The van der Waals surface area contributed by atoms with E-state index in [1.165, 1.54) is 6.07 Å². The Labute approximate surface area is 115 Å². The lowest BCUT2D eigenvalue weighted by molar-refractivity contribution is 0.242. The quantitative estimate of drug-likeness (QED) is 0.836. The first-order chi connectivity index (χ1) is 8.88. The minimum Gasteiger partial charge on any atom is -0.399 e. The lowest BCUT2D eigenvalue weighted by Gasteiger charge is -2.32. The van der Waals surface area contributed by atoms with Crippen LogP contribution in [-0.4, -0.2) is 14.5 Å². The Morgan fingerprint density at radius 2 is 1.95 bits per heavy atom. The van der Waals surface area contributed by atoms with E-state index in [4.69, 9.17) is 5.73 Å². The van der Waals surface area contributed by atoms with Gasteiger partial charge in [0.05, 0.1) is 4.90 Å². The van der Waals surface area contributed by atoms with Crippen LogP contribution in [0.25, 0.3) is 0 Å². The van der Waals surface area contributed by atoms with Gasteiger partial charge in [0.25, 0.3) is 0 Å². The number of benzene rings is 1. The highest BCUT2D eigenvalue weighted by Gasteiger charge is 2.28. The predicted molar refractivity (Wildman–Crippen MR) is 77.1 cm³/mol. The Hall–Kier alpha value is -1.07. The van der Waals surface area contributed by atoms with Crippen LogP contribution in [0.15, 0.2) is 29.2 Å². The molecule has 1 saturated carbocycles. The molecule has 3 unspecified atom stereocenters. The molecular formula is C14H22N2O2S. The first-order valence-corrected chi connectivity index (χ1v) is 8.24. The van der Waals surface area contributed by atoms with Crippen molar-refractivity contribution in [3.63, 3.8) is 0 Å². The fourth-order valence-corrected chi connectivity index (χ4v) is 3.96. The zero-order valence-corrected chi connectivity index (χ0v) is 12.3. The van der Waals surface area contributed by atoms with Crippen LogP contribution < -0.4 is 10.5 Å². The average molecular weight is 282 g/mol. The molecule has 106 valence electrons. The van der Waals surface area contributed by atoms with Gasteiger partial charge in [-0.15, -0.1) is 0 Å². The molecule has 3 N–H and O–H groups in total. The van der Waals surface area contributed by atoms with E-state index in [2.05, 4.69) is 18.6 Å². The summed E-state index contributed by atoms with van der Waals surface area (Å²) in [5.41, 5.74) is 6.10. The van der Waals surface area contributed by atoms with E-state index in [1.807, 2.05) is 0 Å². The summed E-state index contributed by atoms with van der Waals surface area (Å²) in [6.45, 7) is 4.42. The number of nitrogens with two attached hydrogens (primary N) is 1. The van der Waals surface area contributed by atoms with Crippen LogP contribution in [-0.2, 0) is 10.0 Å². The van der Waals surface area contributed by atoms with Gasteiger partial charge < -0.3 is 5.73 Å². The molecule has 5 heteroatoms. The Bertz CT molecular complexity index is 542. The van der Waals surface area contributed by atoms with Gasteiger partial charge in [-0.25, -0.2) is 13.1 Å². The van der Waals surface area contributed by atoms with E-state index < -0.39 is 10.0 Å². The molecule has 1 aromatic carbocycles. The summed E-state index contributed by atoms with van der Waals surface area (Å²) < 4.78 is 27.4. The molecule has 19 heavy (non-hydrogen) atoms. The Kier molecular flexibility index (Phi) is 4.16. The summed E-state index contributed by atoms with van der Waals surface area (Å²) in [6, 6.07) is 6.46. The van der Waals surface area contributed by atoms with Gasteiger partial charge in [0, 0.05) is 11.7 Å². The van der Waals surface area contributed by atoms with Crippen LogP contribution in [0.1, 0.15) is 33.1 Å². The maximum atomic E-state index is 12.3. The summed E-state index contributed by atoms with van der Waals surface area (Å²) in [5.74, 6) is 1.23. The van der Waals surface area contributed by atoms with Crippen molar-refractivity contribution in [3.8, 4) is 0 Å². The van der Waals surface area contributed by atoms with Crippen LogP contribution in [0.3, 0.4) is 0 Å². The number of hydrogen-bond donors (Lipinski definition) is 2. The van der Waals surface area contributed by atoms with Crippen molar-refractivity contribution in [2.45, 2.75) is 44.0 Å². The third-order valence-electron chi connectivity index (χ3n) is 4.09. The van der Waals surface area contributed by atoms with Gasteiger partial charge in [0.1, 0.15) is 0 Å². The molecule has 2 rings (SSSR count). The molecule has 0 amide bonds. The topological polar surface area (TPSA) is 72.2 Å². The molecule has 0 aliphatic heterocycles. The highest BCUT2D eigenvalue weighted by atomic mass is 32.2. The number of nitrogens with one attached hydrogen (secondary N) is 1. The number of sulfonamides is 1. The molecule has 0 bridgehead atoms. The van der Waals surface area contributed by atoms with Crippen molar-refractivity contribution < 1.29 is 8.42 Å². The molecule has 1 aliphatic carbocycles. The minimum absolute atomic E-state index is 0.0395. The second kappa shape index (κ2) is 5.51. The molecule has 4 nitrogen and oxygen atoms in total. The number of anilines is 1. The molecule has 1 aliphatic rings. The highest BCUT2D eigenvalue weighted by molar-refractivity contribution is 7.89. The van der Waals surface area contributed by atoms with Gasteiger partial charge in [-0.2, -0.15) is 0 Å². The van der Waals surface area contributed by atoms with Crippen LogP contribution in [0.2, 0.25) is 0 Å². The second-order valence-electron chi connectivity index (χ2n) is 5.66. The Morgan fingerprint density at radius 1 is 1.21 bits per heavy atom. The highest BCUT2D eigenvalue weighted by Crippen LogP contribution is 2.30. The predicted octanol–water partition coefficient (Wildman–Crippen LogP) is 2.37. The van der Waals surface area contributed by atoms with E-state index in [9.17, 15) is 8.42 Å². The third-order valence-corrected chi connectivity index (χ3v) is 5.61. The largest absolute Gasteiger partial charge is 0.399 e. The first kappa shape index (κ1) is 14.3. The van der Waals surface area contributed by atoms with Gasteiger partial charge in [-0.1, -0.05) is 19.9 Å². The Balaban J connectivity index is 2.10. The molecule has 1 fully saturated rings. The van der Waals surface area contributed by atoms with Gasteiger partial charge in [-0.05, 0) is 49.3 Å². The van der Waals surface area contributed by atoms with Crippen LogP contribution in [0.5, 0.6) is 0 Å². The molecule has 0 radical (unpaired) electrons. The fourth-order valence-electron chi connectivity index (χ4n) is 2.62. The summed E-state index contributed by atoms with van der Waals surface area (Å²) in [7, 11) is -3.45. The fraction of sp³-hybridized carbons (Fsp3) is 0.571. The zero-order valence-electron chi connectivity index (χ0n) is 11.5. The number of rotatable bonds is 3. The van der Waals surface area contributed by atoms with E-state index in [0.29, 0.717) is 17.5 Å². The molecule has 0 saturated heterocycles. The molecular weight excluding hydrogens is 260 g/mol. The van der Waals surface area contributed by atoms with E-state index >= 15 is 0 Å². The summed E-state index contributed by atoms with van der Waals surface area (Å²) >= 11 is 0. The molecule has 3 atom stereocenters. The van der Waals surface area contributed by atoms with E-state index in [0.717, 1.165) is 19.3 Å². The van der Waals surface area contributed by atoms with Gasteiger partial charge in [0.15, 0.2) is 0 Å². The standard InChI is InChI=1S/C14H22N2O2S/c1-10-6-7-13(8-11(10)2)16-19(17,18)14-5-3-4-12(15)9-14/h3-5,9-11,13,16H,6-8,15H2,1-2H3. The molecule has 0 aromatic heterocycles. The first-order valence-electron chi connectivity index (χ1n) is 6.76. The smallest absolute Gasteiger partial charge is 0.240 e. The van der Waals surface area contributed by atoms with Crippen molar-refractivity contribution >= 4 is 15.7 Å². The maximum Gasteiger partial charge on any atom is 0.240 e. The van der Waals surface area contributed by atoms with E-state index in [1.54, 1.807) is 18.2 Å². The third kappa shape index (κ3) is 3.48. The molecule has 1 aromatic rings. The monoisotopic (exact) mass is 282 g/mol. The van der Waals surface area contributed by atoms with Gasteiger partial charge in [-0.3, -0.25) is 0 Å². The normalized spacial score (nSPS) is 28.2.